The molecule has 8 nitrogen and oxygen atoms in total. The van der Waals surface area contributed by atoms with E-state index in [0.717, 1.165) is 61.2 Å². The van der Waals surface area contributed by atoms with Crippen molar-refractivity contribution in [3.05, 3.63) is 102 Å². The summed E-state index contributed by atoms with van der Waals surface area (Å²) in [6.45, 7) is 15.9. The molecule has 0 amide bonds. The van der Waals surface area contributed by atoms with Crippen molar-refractivity contribution in [2.45, 2.75) is 53.4 Å². The van der Waals surface area contributed by atoms with Crippen molar-refractivity contribution in [3.63, 3.8) is 0 Å². The molecule has 0 atom stereocenters. The van der Waals surface area contributed by atoms with Gasteiger partial charge in [0.2, 0.25) is 0 Å². The van der Waals surface area contributed by atoms with Gasteiger partial charge in [0.05, 0.1) is 0 Å². The van der Waals surface area contributed by atoms with Gasteiger partial charge in [0.1, 0.15) is 0 Å². The summed E-state index contributed by atoms with van der Waals surface area (Å²) in [5, 5.41) is 21.7. The summed E-state index contributed by atoms with van der Waals surface area (Å²) in [6.07, 6.45) is 11.7. The van der Waals surface area contributed by atoms with Gasteiger partial charge in [-0.3, -0.25) is 9.59 Å². The number of carboxylic acids is 2. The third kappa shape index (κ3) is 5.91. The summed E-state index contributed by atoms with van der Waals surface area (Å²) < 4.78 is 0. The Morgan fingerprint density at radius 2 is 1.09 bits per heavy atom. The summed E-state index contributed by atoms with van der Waals surface area (Å²) >= 11 is 0. The van der Waals surface area contributed by atoms with E-state index in [9.17, 15) is 19.8 Å². The van der Waals surface area contributed by atoms with Crippen LogP contribution in [0.3, 0.4) is 0 Å². The van der Waals surface area contributed by atoms with Crippen LogP contribution in [-0.2, 0) is 39.5 Å². The van der Waals surface area contributed by atoms with Crippen LogP contribution in [0.4, 0.5) is 0 Å². The van der Waals surface area contributed by atoms with Gasteiger partial charge in [0, 0.05) is 29.9 Å². The van der Waals surface area contributed by atoms with Crippen LogP contribution < -0.4 is 41.3 Å². The van der Waals surface area contributed by atoms with Crippen LogP contribution in [0, 0.1) is 27.7 Å². The Labute approximate surface area is 259 Å². The van der Waals surface area contributed by atoms with Crippen LogP contribution in [0.1, 0.15) is 80.1 Å². The van der Waals surface area contributed by atoms with Gasteiger partial charge >= 0.3 is 11.9 Å². The SMILES string of the molecule is C=Cc1c2[n-]c(c1C)/C=c1/[n-]/c(c(CCC(=O)O)c1C)=C\c1[n-]c(c(C)c1CCC(=O)O)/C=c1\[n-]/c(c(C)c1C=C)=C/2.[Cu]. The first-order valence-electron chi connectivity index (χ1n) is 13.8. The molecule has 5 heterocycles. The van der Waals surface area contributed by atoms with E-state index in [2.05, 4.69) is 13.2 Å². The number of hydrogen-bond donors (Lipinski definition) is 2. The summed E-state index contributed by atoms with van der Waals surface area (Å²) in [7, 11) is 0. The predicted octanol–water partition coefficient (Wildman–Crippen LogP) is 1.70. The average molecular weight is 624 g/mol. The monoisotopic (exact) mass is 623 g/mol. The molecule has 2 N–H and O–H groups in total. The van der Waals surface area contributed by atoms with Crippen molar-refractivity contribution < 1.29 is 36.9 Å². The quantitative estimate of drug-likeness (QED) is 0.250. The Balaban J connectivity index is 0.00000423. The molecule has 4 aromatic heterocycles. The second kappa shape index (κ2) is 12.4. The number of carboxylic acid groups (broad SMARTS) is 2. The van der Waals surface area contributed by atoms with Gasteiger partial charge in [-0.2, -0.15) is 0 Å². The molecule has 0 spiro atoms. The van der Waals surface area contributed by atoms with E-state index in [0.29, 0.717) is 40.3 Å². The maximum atomic E-state index is 11.5. The van der Waals surface area contributed by atoms with E-state index < -0.39 is 11.9 Å². The fraction of sp³-hybridized carbons (Fsp3) is 0.235. The summed E-state index contributed by atoms with van der Waals surface area (Å²) in [4.78, 5) is 42.7. The Hall–Kier alpha value is -4.46. The standard InChI is InChI=1S/C34H32N4O4.Cu/c1-7-21-17(3)25-13-26-19(5)23(9-11-33(39)40)31(37-26)16-32-24(10-12-34(41)42)20(6)28(38-32)15-30-22(8-2)18(4)27(36-30)14-29(21)35-25;/h7-8,13-16H,1-2,9-12H2,3-6H3,(H,39,40)(H,41,42);/q-4;/b25-13?,26-13+,27-14+,28-15?,29-14?,30-15-,31-16-,32-16?;. The number of aliphatic carboxylic acids is 2. The zero-order valence-corrected chi connectivity index (χ0v) is 25.4. The maximum Gasteiger partial charge on any atom is 0.303 e. The first-order chi connectivity index (χ1) is 20.0. The number of nitrogens with zero attached hydrogens (tertiary/aromatic N) is 4. The molecule has 0 aromatic carbocycles. The Morgan fingerprint density at radius 1 is 0.605 bits per heavy atom. The van der Waals surface area contributed by atoms with Crippen molar-refractivity contribution >= 4 is 48.4 Å². The minimum atomic E-state index is -0.898. The van der Waals surface area contributed by atoms with Gasteiger partial charge in [-0.1, -0.05) is 83.0 Å². The first kappa shape index (κ1) is 31.5. The molecule has 1 aliphatic rings. The molecule has 227 valence electrons. The minimum absolute atomic E-state index is 0. The van der Waals surface area contributed by atoms with E-state index in [-0.39, 0.29) is 29.9 Å². The van der Waals surface area contributed by atoms with Gasteiger partial charge in [-0.05, 0) is 51.7 Å². The maximum absolute atomic E-state index is 11.5. The smallest absolute Gasteiger partial charge is 0.303 e. The molecule has 0 saturated heterocycles. The van der Waals surface area contributed by atoms with Gasteiger partial charge in [-0.25, -0.2) is 0 Å². The zero-order valence-electron chi connectivity index (χ0n) is 24.5. The Kier molecular flexibility index (Phi) is 9.09. The molecule has 0 fully saturated rings. The number of hydrogen-bond acceptors (Lipinski definition) is 2. The van der Waals surface area contributed by atoms with Crippen LogP contribution in [0.2, 0.25) is 0 Å². The topological polar surface area (TPSA) is 131 Å². The van der Waals surface area contributed by atoms with E-state index in [4.69, 9.17) is 19.9 Å². The van der Waals surface area contributed by atoms with Crippen molar-refractivity contribution in [2.75, 3.05) is 0 Å². The largest absolute Gasteiger partial charge is 0.657 e. The molecule has 0 unspecified atom stereocenters. The molecule has 9 heteroatoms. The summed E-state index contributed by atoms with van der Waals surface area (Å²) in [5.74, 6) is -1.80. The van der Waals surface area contributed by atoms with Crippen LogP contribution in [0.15, 0.2) is 13.2 Å². The van der Waals surface area contributed by atoms with Gasteiger partial charge < -0.3 is 30.1 Å². The fourth-order valence-electron chi connectivity index (χ4n) is 5.61. The van der Waals surface area contributed by atoms with Crippen molar-refractivity contribution in [2.24, 2.45) is 0 Å². The summed E-state index contributed by atoms with van der Waals surface area (Å²) in [6, 6.07) is 0. The second-order valence-corrected chi connectivity index (χ2v) is 10.6. The van der Waals surface area contributed by atoms with Gasteiger partial charge in [0.25, 0.3) is 0 Å². The number of aromatic nitrogens is 4. The zero-order chi connectivity index (χ0) is 30.3. The molecular formula is C34H32CuN4O4-4. The Bertz CT molecular complexity index is 2030. The van der Waals surface area contributed by atoms with Crippen LogP contribution in [-0.4, -0.2) is 22.2 Å². The molecule has 4 aromatic rings. The summed E-state index contributed by atoms with van der Waals surface area (Å²) in [5.41, 5.74) is 9.84. The fourth-order valence-corrected chi connectivity index (χ4v) is 5.61. The molecular weight excluding hydrogens is 592 g/mol. The number of fused-ring (bicyclic) bond motifs is 8. The van der Waals surface area contributed by atoms with E-state index >= 15 is 0 Å². The molecule has 5 rings (SSSR count). The van der Waals surface area contributed by atoms with Gasteiger partial charge in [-0.15, -0.1) is 44.2 Å². The predicted molar refractivity (Wildman–Crippen MR) is 163 cm³/mol. The second-order valence-electron chi connectivity index (χ2n) is 10.6. The minimum Gasteiger partial charge on any atom is -0.657 e. The van der Waals surface area contributed by atoms with Crippen LogP contribution >= 0.6 is 0 Å². The van der Waals surface area contributed by atoms with E-state index in [1.165, 1.54) is 0 Å². The van der Waals surface area contributed by atoms with Gasteiger partial charge in [0.15, 0.2) is 0 Å². The molecule has 0 aliphatic carbocycles. The van der Waals surface area contributed by atoms with Crippen molar-refractivity contribution in [1.29, 1.82) is 0 Å². The van der Waals surface area contributed by atoms with E-state index in [1.54, 1.807) is 12.2 Å². The Morgan fingerprint density at radius 3 is 1.72 bits per heavy atom. The molecule has 8 bridgehead atoms. The number of rotatable bonds is 8. The first-order valence-corrected chi connectivity index (χ1v) is 13.8. The molecule has 43 heavy (non-hydrogen) atoms. The van der Waals surface area contributed by atoms with Crippen LogP contribution in [0.25, 0.3) is 36.5 Å². The molecule has 1 aliphatic heterocycles. The third-order valence-electron chi connectivity index (χ3n) is 8.06. The van der Waals surface area contributed by atoms with Crippen molar-refractivity contribution in [3.8, 4) is 0 Å². The van der Waals surface area contributed by atoms with E-state index in [1.807, 2.05) is 52.0 Å². The average Bonchev–Trinajstić information content (AvgIpc) is 3.59. The van der Waals surface area contributed by atoms with Crippen LogP contribution in [0.5, 0.6) is 0 Å². The van der Waals surface area contributed by atoms with Crippen molar-refractivity contribution in [1.82, 2.24) is 19.9 Å². The third-order valence-corrected chi connectivity index (χ3v) is 8.06. The molecule has 0 saturated carbocycles. The molecule has 1 radical (unpaired) electrons. The number of carbonyl (C=O) groups is 2. The normalized spacial score (nSPS) is 15.0.